The summed E-state index contributed by atoms with van der Waals surface area (Å²) in [5.41, 5.74) is 1.24. The molecule has 2 aromatic rings. The Bertz CT molecular complexity index is 440. The van der Waals surface area contributed by atoms with E-state index in [1.807, 2.05) is 30.3 Å². The highest BCUT2D eigenvalue weighted by atomic mass is 19.4. The zero-order chi connectivity index (χ0) is 10.7. The lowest BCUT2D eigenvalue weighted by Crippen LogP contribution is -1.97. The zero-order valence-corrected chi connectivity index (χ0v) is 7.90. The van der Waals surface area contributed by atoms with Crippen molar-refractivity contribution in [2.45, 2.75) is 0 Å². The lowest BCUT2D eigenvalue weighted by molar-refractivity contribution is 0.235. The highest BCUT2D eigenvalue weighted by Crippen LogP contribution is 2.30. The van der Waals surface area contributed by atoms with E-state index in [1.54, 1.807) is 18.2 Å². The first-order valence-electron chi connectivity index (χ1n) is 4.55. The summed E-state index contributed by atoms with van der Waals surface area (Å²) in [7, 11) is 0. The molecule has 0 aromatic heterocycles. The molecule has 0 amide bonds. The molecule has 2 aromatic carbocycles. The molecule has 0 heterocycles. The summed E-state index contributed by atoms with van der Waals surface area (Å²) in [6.07, 6.45) is 0. The average molecular weight is 205 g/mol. The van der Waals surface area contributed by atoms with E-state index in [9.17, 15) is 8.96 Å². The van der Waals surface area contributed by atoms with Crippen molar-refractivity contribution in [1.29, 1.82) is 0 Å². The van der Waals surface area contributed by atoms with Crippen molar-refractivity contribution in [2.24, 2.45) is 0 Å². The molecule has 0 atom stereocenters. The van der Waals surface area contributed by atoms with Gasteiger partial charge in [-0.25, -0.2) is 0 Å². The van der Waals surface area contributed by atoms with Crippen LogP contribution in [-0.4, -0.2) is 0 Å². The molecular formula is C12H9F2N. The van der Waals surface area contributed by atoms with Gasteiger partial charge >= 0.3 is 0 Å². The summed E-state index contributed by atoms with van der Waals surface area (Å²) in [4.78, 5) is 0. The molecule has 3 heteroatoms. The maximum absolute atomic E-state index is 12.5. The molecule has 2 rings (SSSR count). The third-order valence-corrected chi connectivity index (χ3v) is 2.17. The van der Waals surface area contributed by atoms with Crippen LogP contribution in [0.5, 0.6) is 0 Å². The lowest BCUT2D eigenvalue weighted by atomic mass is 10.0. The van der Waals surface area contributed by atoms with Crippen LogP contribution in [0.15, 0.2) is 54.6 Å². The Morgan fingerprint density at radius 1 is 0.733 bits per heavy atom. The van der Waals surface area contributed by atoms with Crippen molar-refractivity contribution < 1.29 is 8.96 Å². The van der Waals surface area contributed by atoms with Crippen LogP contribution in [-0.2, 0) is 0 Å². The molecule has 15 heavy (non-hydrogen) atoms. The minimum Gasteiger partial charge on any atom is -0.0666 e. The molecule has 0 bridgehead atoms. The summed E-state index contributed by atoms with van der Waals surface area (Å²) in [6.45, 7) is 0. The first-order valence-corrected chi connectivity index (χ1v) is 4.55. The topological polar surface area (TPSA) is 3.24 Å². The summed E-state index contributed by atoms with van der Waals surface area (Å²) >= 11 is 0. The van der Waals surface area contributed by atoms with E-state index in [0.29, 0.717) is 5.56 Å². The minimum absolute atomic E-state index is 0.0799. The van der Waals surface area contributed by atoms with Crippen molar-refractivity contribution in [3.63, 3.8) is 0 Å². The van der Waals surface area contributed by atoms with Crippen LogP contribution in [0.3, 0.4) is 0 Å². The van der Waals surface area contributed by atoms with Gasteiger partial charge in [-0.1, -0.05) is 57.5 Å². The number of hydrogen-bond donors (Lipinski definition) is 0. The lowest BCUT2D eigenvalue weighted by Gasteiger charge is -2.09. The van der Waals surface area contributed by atoms with Gasteiger partial charge in [-0.2, -0.15) is 0 Å². The molecule has 0 radical (unpaired) electrons. The van der Waals surface area contributed by atoms with E-state index in [1.165, 1.54) is 6.07 Å². The van der Waals surface area contributed by atoms with Crippen LogP contribution in [0, 0.1) is 0 Å². The second kappa shape index (κ2) is 4.09. The average Bonchev–Trinajstić information content (AvgIpc) is 2.30. The van der Waals surface area contributed by atoms with Crippen molar-refractivity contribution >= 4 is 5.69 Å². The number of para-hydroxylation sites is 1. The number of benzene rings is 2. The fourth-order valence-corrected chi connectivity index (χ4v) is 1.48. The molecule has 0 aliphatic carbocycles. The molecule has 76 valence electrons. The van der Waals surface area contributed by atoms with E-state index in [-0.39, 0.29) is 5.69 Å². The maximum atomic E-state index is 12.5. The van der Waals surface area contributed by atoms with Gasteiger partial charge in [0.15, 0.2) is 0 Å². The van der Waals surface area contributed by atoms with E-state index in [0.717, 1.165) is 5.56 Å². The number of anilines is 1. The predicted molar refractivity (Wildman–Crippen MR) is 56.6 cm³/mol. The van der Waals surface area contributed by atoms with Gasteiger partial charge in [0.1, 0.15) is 5.69 Å². The molecule has 0 saturated carbocycles. The van der Waals surface area contributed by atoms with Crippen LogP contribution < -0.4 is 5.34 Å². The highest BCUT2D eigenvalue weighted by Gasteiger charge is 2.10. The van der Waals surface area contributed by atoms with Crippen LogP contribution in [0.1, 0.15) is 0 Å². The van der Waals surface area contributed by atoms with Gasteiger partial charge in [-0.3, -0.25) is 0 Å². The van der Waals surface area contributed by atoms with E-state index in [4.69, 9.17) is 0 Å². The maximum Gasteiger partial charge on any atom is 0.113 e. The van der Waals surface area contributed by atoms with E-state index in [2.05, 4.69) is 0 Å². The Labute approximate surface area is 86.4 Å². The first kappa shape index (κ1) is 9.65. The predicted octanol–water partition coefficient (Wildman–Crippen LogP) is 3.93. The Kier molecular flexibility index (Phi) is 2.63. The van der Waals surface area contributed by atoms with Crippen LogP contribution in [0.25, 0.3) is 11.1 Å². The Hall–Kier alpha value is -1.90. The van der Waals surface area contributed by atoms with Gasteiger partial charge in [0.05, 0.1) is 0 Å². The molecule has 0 aliphatic rings. The number of hydrogen-bond acceptors (Lipinski definition) is 1. The van der Waals surface area contributed by atoms with Gasteiger partial charge in [-0.15, -0.1) is 0 Å². The van der Waals surface area contributed by atoms with E-state index >= 15 is 0 Å². The van der Waals surface area contributed by atoms with Crippen molar-refractivity contribution in [3.05, 3.63) is 54.6 Å². The fraction of sp³-hybridized carbons (Fsp3) is 0. The molecule has 0 aliphatic heterocycles. The van der Waals surface area contributed by atoms with Crippen molar-refractivity contribution in [1.82, 2.24) is 0 Å². The number of rotatable bonds is 2. The fourth-order valence-electron chi connectivity index (χ4n) is 1.48. The standard InChI is InChI=1S/C12H9F2N/c13-15(14)12-9-5-4-8-11(12)10-6-2-1-3-7-10/h1-9H. The molecule has 0 saturated heterocycles. The Morgan fingerprint density at radius 3 is 2.00 bits per heavy atom. The van der Waals surface area contributed by atoms with Gasteiger partial charge < -0.3 is 0 Å². The van der Waals surface area contributed by atoms with Crippen molar-refractivity contribution in [2.75, 3.05) is 5.34 Å². The van der Waals surface area contributed by atoms with E-state index < -0.39 is 5.34 Å². The molecule has 0 N–H and O–H groups in total. The second-order valence-corrected chi connectivity index (χ2v) is 3.12. The quantitative estimate of drug-likeness (QED) is 0.671. The zero-order valence-electron chi connectivity index (χ0n) is 7.90. The Balaban J connectivity index is 2.53. The monoisotopic (exact) mass is 205 g/mol. The Morgan fingerprint density at radius 2 is 1.33 bits per heavy atom. The van der Waals surface area contributed by atoms with Crippen LogP contribution in [0.2, 0.25) is 0 Å². The number of nitrogens with zero attached hydrogens (tertiary/aromatic N) is 1. The third kappa shape index (κ3) is 1.96. The summed E-state index contributed by atoms with van der Waals surface area (Å²) in [5, 5.41) is -0.859. The van der Waals surface area contributed by atoms with Crippen molar-refractivity contribution in [3.8, 4) is 11.1 Å². The van der Waals surface area contributed by atoms with Gasteiger partial charge in [0.25, 0.3) is 0 Å². The largest absolute Gasteiger partial charge is 0.113 e. The summed E-state index contributed by atoms with van der Waals surface area (Å²) in [5.74, 6) is 0. The second-order valence-electron chi connectivity index (χ2n) is 3.12. The van der Waals surface area contributed by atoms with Gasteiger partial charge in [0.2, 0.25) is 0 Å². The molecule has 1 nitrogen and oxygen atoms in total. The number of halogens is 2. The highest BCUT2D eigenvalue weighted by molar-refractivity contribution is 5.77. The summed E-state index contributed by atoms with van der Waals surface area (Å²) in [6, 6.07) is 15.5. The van der Waals surface area contributed by atoms with Crippen LogP contribution in [0.4, 0.5) is 14.6 Å². The van der Waals surface area contributed by atoms with Gasteiger partial charge in [-0.05, 0) is 17.0 Å². The molecule has 0 fully saturated rings. The molecule has 0 unspecified atom stereocenters. The molecule has 0 spiro atoms. The normalized spacial score (nSPS) is 10.0. The first-order chi connectivity index (χ1) is 7.29. The SMILES string of the molecule is FN(F)c1ccccc1-c1ccccc1. The molecular weight excluding hydrogens is 196 g/mol. The minimum atomic E-state index is -0.859. The third-order valence-electron chi connectivity index (χ3n) is 2.17. The van der Waals surface area contributed by atoms with Crippen LogP contribution >= 0.6 is 0 Å². The summed E-state index contributed by atoms with van der Waals surface area (Å²) < 4.78 is 25.1. The van der Waals surface area contributed by atoms with Gasteiger partial charge in [0, 0.05) is 5.56 Å². The smallest absolute Gasteiger partial charge is 0.0666 e.